The van der Waals surface area contributed by atoms with Crippen molar-refractivity contribution in [1.29, 1.82) is 0 Å². The summed E-state index contributed by atoms with van der Waals surface area (Å²) in [6.45, 7) is 3.06. The van der Waals surface area contributed by atoms with Crippen molar-refractivity contribution >= 4 is 5.91 Å². The lowest BCUT2D eigenvalue weighted by molar-refractivity contribution is -0.121. The molecule has 0 aliphatic carbocycles. The Morgan fingerprint density at radius 2 is 2.14 bits per heavy atom. The van der Waals surface area contributed by atoms with Crippen LogP contribution in [0.15, 0.2) is 0 Å². The summed E-state index contributed by atoms with van der Waals surface area (Å²) in [5.74, 6) is 0.0871. The molecule has 0 aliphatic heterocycles. The first kappa shape index (κ1) is 13.4. The van der Waals surface area contributed by atoms with Crippen molar-refractivity contribution in [3.63, 3.8) is 0 Å². The number of carbonyl (C=O) groups is 1. The second-order valence-electron chi connectivity index (χ2n) is 3.59. The van der Waals surface area contributed by atoms with Gasteiger partial charge in [0.25, 0.3) is 0 Å². The van der Waals surface area contributed by atoms with Gasteiger partial charge in [0.05, 0.1) is 6.10 Å². The fourth-order valence-electron chi connectivity index (χ4n) is 1.14. The van der Waals surface area contributed by atoms with Gasteiger partial charge in [0.2, 0.25) is 5.91 Å². The number of carbonyl (C=O) groups excluding carboxylic acids is 1. The molecule has 0 aromatic heterocycles. The molecule has 0 aromatic carbocycles. The zero-order valence-corrected chi connectivity index (χ0v) is 8.96. The van der Waals surface area contributed by atoms with Gasteiger partial charge in [-0.2, -0.15) is 0 Å². The van der Waals surface area contributed by atoms with Crippen molar-refractivity contribution in [3.8, 4) is 0 Å². The Labute approximate surface area is 85.9 Å². The number of aliphatic hydroxyl groups excluding tert-OH is 1. The number of rotatable bonds is 8. The lowest BCUT2D eigenvalue weighted by atomic mass is 10.2. The molecule has 0 fully saturated rings. The maximum absolute atomic E-state index is 11.1. The van der Waals surface area contributed by atoms with Crippen molar-refractivity contribution < 1.29 is 9.90 Å². The van der Waals surface area contributed by atoms with E-state index < -0.39 is 0 Å². The van der Waals surface area contributed by atoms with Gasteiger partial charge in [-0.05, 0) is 39.2 Å². The molecular formula is C10H22N2O2. The minimum absolute atomic E-state index is 0.0871. The molecule has 4 heteroatoms. The van der Waals surface area contributed by atoms with Crippen LogP contribution >= 0.6 is 0 Å². The molecule has 0 aliphatic rings. The fraction of sp³-hybridized carbons (Fsp3) is 0.900. The highest BCUT2D eigenvalue weighted by molar-refractivity contribution is 5.75. The van der Waals surface area contributed by atoms with Crippen LogP contribution in [0.5, 0.6) is 0 Å². The Balaban J connectivity index is 3.18. The molecule has 0 saturated carbocycles. The molecule has 0 radical (unpaired) electrons. The van der Waals surface area contributed by atoms with Crippen LogP contribution < -0.4 is 11.1 Å². The smallest absolute Gasteiger partial charge is 0.219 e. The molecule has 0 saturated heterocycles. The summed E-state index contributed by atoms with van der Waals surface area (Å²) in [6.07, 6.45) is 3.62. The highest BCUT2D eigenvalue weighted by Crippen LogP contribution is 1.95. The Morgan fingerprint density at radius 3 is 2.71 bits per heavy atom. The molecule has 4 N–H and O–H groups in total. The first-order valence-corrected chi connectivity index (χ1v) is 5.31. The normalized spacial score (nSPS) is 12.5. The van der Waals surface area contributed by atoms with Crippen LogP contribution in [-0.4, -0.2) is 30.2 Å². The van der Waals surface area contributed by atoms with E-state index in [-0.39, 0.29) is 12.0 Å². The topological polar surface area (TPSA) is 75.3 Å². The minimum atomic E-state index is -0.274. The zero-order chi connectivity index (χ0) is 10.8. The molecule has 4 nitrogen and oxygen atoms in total. The van der Waals surface area contributed by atoms with Crippen LogP contribution in [0.4, 0.5) is 0 Å². The summed E-state index contributed by atoms with van der Waals surface area (Å²) in [5, 5.41) is 11.8. The average molecular weight is 202 g/mol. The SMILES string of the molecule is CC(O)CCCNC(=O)CCCCN. The van der Waals surface area contributed by atoms with Crippen molar-refractivity contribution in [2.24, 2.45) is 5.73 Å². The summed E-state index contributed by atoms with van der Waals surface area (Å²) < 4.78 is 0. The van der Waals surface area contributed by atoms with Gasteiger partial charge in [-0.1, -0.05) is 0 Å². The van der Waals surface area contributed by atoms with Crippen molar-refractivity contribution in [3.05, 3.63) is 0 Å². The average Bonchev–Trinajstić information content (AvgIpc) is 2.13. The van der Waals surface area contributed by atoms with Crippen LogP contribution in [0.3, 0.4) is 0 Å². The van der Waals surface area contributed by atoms with E-state index in [1.54, 1.807) is 6.92 Å². The Morgan fingerprint density at radius 1 is 1.43 bits per heavy atom. The number of nitrogens with two attached hydrogens (primary N) is 1. The summed E-state index contributed by atoms with van der Waals surface area (Å²) in [5.41, 5.74) is 5.31. The molecule has 0 spiro atoms. The van der Waals surface area contributed by atoms with Crippen LogP contribution in [0.2, 0.25) is 0 Å². The van der Waals surface area contributed by atoms with E-state index in [1.807, 2.05) is 0 Å². The maximum atomic E-state index is 11.1. The predicted molar refractivity (Wildman–Crippen MR) is 56.8 cm³/mol. The number of unbranched alkanes of at least 4 members (excludes halogenated alkanes) is 1. The molecule has 1 amide bonds. The number of amides is 1. The second kappa shape index (κ2) is 8.97. The first-order chi connectivity index (χ1) is 6.66. The summed E-state index contributed by atoms with van der Waals surface area (Å²) in [6, 6.07) is 0. The van der Waals surface area contributed by atoms with Gasteiger partial charge < -0.3 is 16.2 Å². The molecule has 84 valence electrons. The van der Waals surface area contributed by atoms with Gasteiger partial charge in [0.1, 0.15) is 0 Å². The number of nitrogens with one attached hydrogen (secondary N) is 1. The lowest BCUT2D eigenvalue weighted by Crippen LogP contribution is -2.24. The van der Waals surface area contributed by atoms with E-state index in [9.17, 15) is 4.79 Å². The highest BCUT2D eigenvalue weighted by atomic mass is 16.3. The van der Waals surface area contributed by atoms with Crippen molar-refractivity contribution in [1.82, 2.24) is 5.32 Å². The third kappa shape index (κ3) is 9.48. The molecule has 0 heterocycles. The Bertz CT molecular complexity index is 149. The molecule has 1 atom stereocenters. The number of hydrogen-bond donors (Lipinski definition) is 3. The van der Waals surface area contributed by atoms with E-state index in [2.05, 4.69) is 5.32 Å². The van der Waals surface area contributed by atoms with Crippen molar-refractivity contribution in [2.45, 2.75) is 45.1 Å². The number of aliphatic hydroxyl groups is 1. The molecule has 0 rings (SSSR count). The lowest BCUT2D eigenvalue weighted by Gasteiger charge is -2.06. The van der Waals surface area contributed by atoms with Crippen molar-refractivity contribution in [2.75, 3.05) is 13.1 Å². The largest absolute Gasteiger partial charge is 0.393 e. The van der Waals surface area contributed by atoms with Crippen LogP contribution in [0, 0.1) is 0 Å². The maximum Gasteiger partial charge on any atom is 0.219 e. The van der Waals surface area contributed by atoms with E-state index in [0.717, 1.165) is 25.7 Å². The molecular weight excluding hydrogens is 180 g/mol. The van der Waals surface area contributed by atoms with Crippen LogP contribution in [-0.2, 0) is 4.79 Å². The molecule has 1 unspecified atom stereocenters. The molecule has 0 aromatic rings. The van der Waals surface area contributed by atoms with E-state index in [4.69, 9.17) is 10.8 Å². The van der Waals surface area contributed by atoms with E-state index >= 15 is 0 Å². The Hall–Kier alpha value is -0.610. The summed E-state index contributed by atoms with van der Waals surface area (Å²) in [7, 11) is 0. The fourth-order valence-corrected chi connectivity index (χ4v) is 1.14. The van der Waals surface area contributed by atoms with E-state index in [0.29, 0.717) is 19.5 Å². The second-order valence-corrected chi connectivity index (χ2v) is 3.59. The standard InChI is InChI=1S/C10H22N2O2/c1-9(13)5-4-8-12-10(14)6-2-3-7-11/h9,13H,2-8,11H2,1H3,(H,12,14). The zero-order valence-electron chi connectivity index (χ0n) is 8.96. The molecule has 0 bridgehead atoms. The monoisotopic (exact) mass is 202 g/mol. The third-order valence-electron chi connectivity index (χ3n) is 1.98. The third-order valence-corrected chi connectivity index (χ3v) is 1.98. The van der Waals surface area contributed by atoms with Gasteiger partial charge in [-0.25, -0.2) is 0 Å². The van der Waals surface area contributed by atoms with Crippen LogP contribution in [0.25, 0.3) is 0 Å². The van der Waals surface area contributed by atoms with Gasteiger partial charge in [0.15, 0.2) is 0 Å². The summed E-state index contributed by atoms with van der Waals surface area (Å²) in [4.78, 5) is 11.1. The Kier molecular flexibility index (Phi) is 8.57. The molecule has 14 heavy (non-hydrogen) atoms. The van der Waals surface area contributed by atoms with Crippen LogP contribution in [0.1, 0.15) is 39.0 Å². The highest BCUT2D eigenvalue weighted by Gasteiger charge is 2.00. The van der Waals surface area contributed by atoms with Gasteiger partial charge in [0, 0.05) is 13.0 Å². The number of hydrogen-bond acceptors (Lipinski definition) is 3. The van der Waals surface area contributed by atoms with Gasteiger partial charge in [-0.3, -0.25) is 4.79 Å². The minimum Gasteiger partial charge on any atom is -0.393 e. The predicted octanol–water partition coefficient (Wildman–Crippen LogP) is 0.393. The van der Waals surface area contributed by atoms with E-state index in [1.165, 1.54) is 0 Å². The summed E-state index contributed by atoms with van der Waals surface area (Å²) >= 11 is 0. The quantitative estimate of drug-likeness (QED) is 0.498. The van der Waals surface area contributed by atoms with Gasteiger partial charge >= 0.3 is 0 Å². The first-order valence-electron chi connectivity index (χ1n) is 5.31. The van der Waals surface area contributed by atoms with Gasteiger partial charge in [-0.15, -0.1) is 0 Å².